The zero-order valence-corrected chi connectivity index (χ0v) is 12.8. The van der Waals surface area contributed by atoms with Crippen LogP contribution in [0.4, 0.5) is 32.0 Å². The molecule has 0 amide bonds. The first kappa shape index (κ1) is 18.7. The number of amidine groups is 1. The van der Waals surface area contributed by atoms with E-state index in [0.29, 0.717) is 25.3 Å². The summed E-state index contributed by atoms with van der Waals surface area (Å²) < 4.78 is 82.3. The lowest BCUT2D eigenvalue weighted by Crippen LogP contribution is -2.53. The Hall–Kier alpha value is -1.68. The van der Waals surface area contributed by atoms with E-state index >= 15 is 0 Å². The maximum absolute atomic E-state index is 12.9. The van der Waals surface area contributed by atoms with Crippen LogP contribution in [-0.2, 0) is 10.3 Å². The molecule has 0 radical (unpaired) electrons. The van der Waals surface area contributed by atoms with Crippen LogP contribution < -0.4 is 4.90 Å². The summed E-state index contributed by atoms with van der Waals surface area (Å²) in [6, 6.07) is 1.98. The lowest BCUT2D eigenvalue weighted by Gasteiger charge is -2.33. The highest BCUT2D eigenvalue weighted by Crippen LogP contribution is 2.50. The van der Waals surface area contributed by atoms with Crippen molar-refractivity contribution in [2.24, 2.45) is 4.99 Å². The number of aliphatic imine (C=N–C) groups is 1. The van der Waals surface area contributed by atoms with Gasteiger partial charge in [0, 0.05) is 12.6 Å². The molecule has 1 N–H and O–H groups in total. The summed E-state index contributed by atoms with van der Waals surface area (Å²) in [5, 5.41) is 8.92. The predicted molar refractivity (Wildman–Crippen MR) is 74.1 cm³/mol. The smallest absolute Gasteiger partial charge is 0.430 e. The standard InChI is InChI=1S/C13H11ClF6N2O2/c1-22(10-21-4-5-24-10)9-3-2-7(6-8(9)14)11(23,12(15,16)17)13(18,19)20/h2-3,6,23H,4-5H2,1H3. The van der Waals surface area contributed by atoms with E-state index in [4.69, 9.17) is 16.3 Å². The second kappa shape index (κ2) is 5.99. The Bertz CT molecular complexity index is 645. The molecule has 0 saturated carbocycles. The number of alkyl halides is 6. The average Bonchev–Trinajstić information content (AvgIpc) is 2.97. The van der Waals surface area contributed by atoms with Crippen molar-refractivity contribution in [1.82, 2.24) is 0 Å². The van der Waals surface area contributed by atoms with E-state index < -0.39 is 28.5 Å². The molecule has 0 aromatic heterocycles. The van der Waals surface area contributed by atoms with Gasteiger partial charge in [-0.05, 0) is 12.1 Å². The van der Waals surface area contributed by atoms with E-state index in [1.54, 1.807) is 0 Å². The van der Waals surface area contributed by atoms with Gasteiger partial charge in [-0.2, -0.15) is 26.3 Å². The van der Waals surface area contributed by atoms with Crippen molar-refractivity contribution in [2.45, 2.75) is 18.0 Å². The number of hydrogen-bond donors (Lipinski definition) is 1. The Morgan fingerprint density at radius 3 is 2.17 bits per heavy atom. The van der Waals surface area contributed by atoms with Crippen molar-refractivity contribution in [2.75, 3.05) is 25.1 Å². The zero-order valence-electron chi connectivity index (χ0n) is 12.0. The molecule has 1 aliphatic heterocycles. The highest BCUT2D eigenvalue weighted by atomic mass is 35.5. The van der Waals surface area contributed by atoms with Crippen LogP contribution in [-0.4, -0.2) is 43.7 Å². The van der Waals surface area contributed by atoms with E-state index in [2.05, 4.69) is 4.99 Å². The van der Waals surface area contributed by atoms with Crippen molar-refractivity contribution in [3.8, 4) is 0 Å². The van der Waals surface area contributed by atoms with Gasteiger partial charge < -0.3 is 9.84 Å². The summed E-state index contributed by atoms with van der Waals surface area (Å²) in [4.78, 5) is 5.23. The van der Waals surface area contributed by atoms with Gasteiger partial charge in [0.1, 0.15) is 6.61 Å². The zero-order chi connectivity index (χ0) is 18.3. The van der Waals surface area contributed by atoms with Crippen molar-refractivity contribution in [1.29, 1.82) is 0 Å². The number of anilines is 1. The summed E-state index contributed by atoms with van der Waals surface area (Å²) in [6.45, 7) is 0.675. The molecule has 1 heterocycles. The molecular weight excluding hydrogens is 366 g/mol. The quantitative estimate of drug-likeness (QED) is 0.804. The van der Waals surface area contributed by atoms with Crippen molar-refractivity contribution < 1.29 is 36.2 Å². The van der Waals surface area contributed by atoms with Crippen LogP contribution in [0.3, 0.4) is 0 Å². The number of aliphatic hydroxyl groups is 1. The van der Waals surface area contributed by atoms with Gasteiger partial charge in [0.15, 0.2) is 0 Å². The lowest BCUT2D eigenvalue weighted by atomic mass is 9.92. The van der Waals surface area contributed by atoms with Crippen LogP contribution in [0.1, 0.15) is 5.56 Å². The maximum atomic E-state index is 12.9. The Balaban J connectivity index is 2.48. The summed E-state index contributed by atoms with van der Waals surface area (Å²) in [6.07, 6.45) is -11.9. The molecule has 0 fully saturated rings. The Labute approximate surface area is 137 Å². The molecule has 0 spiro atoms. The number of halogens is 7. The molecule has 1 aliphatic rings. The highest BCUT2D eigenvalue weighted by Gasteiger charge is 2.71. The first-order valence-corrected chi connectivity index (χ1v) is 6.84. The molecule has 11 heteroatoms. The van der Waals surface area contributed by atoms with Crippen LogP contribution in [0, 0.1) is 0 Å². The Kier molecular flexibility index (Phi) is 4.66. The molecule has 1 aromatic carbocycles. The fourth-order valence-electron chi connectivity index (χ4n) is 2.12. The van der Waals surface area contributed by atoms with Gasteiger partial charge in [-0.15, -0.1) is 0 Å². The van der Waals surface area contributed by atoms with Gasteiger partial charge >= 0.3 is 12.4 Å². The first-order chi connectivity index (χ1) is 10.9. The second-order valence-electron chi connectivity index (χ2n) is 4.94. The van der Waals surface area contributed by atoms with Crippen molar-refractivity contribution >= 4 is 23.3 Å². The fourth-order valence-corrected chi connectivity index (χ4v) is 2.43. The van der Waals surface area contributed by atoms with Gasteiger partial charge in [0.05, 0.1) is 17.3 Å². The summed E-state index contributed by atoms with van der Waals surface area (Å²) in [5.41, 5.74) is -6.38. The van der Waals surface area contributed by atoms with Crippen LogP contribution in [0.2, 0.25) is 5.02 Å². The molecule has 4 nitrogen and oxygen atoms in total. The monoisotopic (exact) mass is 376 g/mol. The van der Waals surface area contributed by atoms with Gasteiger partial charge in [-0.3, -0.25) is 4.90 Å². The first-order valence-electron chi connectivity index (χ1n) is 6.46. The minimum atomic E-state index is -5.97. The Morgan fingerprint density at radius 2 is 1.75 bits per heavy atom. The van der Waals surface area contributed by atoms with E-state index in [-0.39, 0.29) is 11.7 Å². The fraction of sp³-hybridized carbons (Fsp3) is 0.462. The molecule has 134 valence electrons. The third-order valence-corrected chi connectivity index (χ3v) is 3.71. The predicted octanol–water partition coefficient (Wildman–Crippen LogP) is 3.47. The summed E-state index contributed by atoms with van der Waals surface area (Å²) in [5.74, 6) is 0. The minimum Gasteiger partial charge on any atom is -0.463 e. The summed E-state index contributed by atoms with van der Waals surface area (Å²) in [7, 11) is 1.44. The van der Waals surface area contributed by atoms with Crippen molar-refractivity contribution in [3.63, 3.8) is 0 Å². The normalized spacial score (nSPS) is 16.0. The van der Waals surface area contributed by atoms with Crippen LogP contribution in [0.15, 0.2) is 23.2 Å². The number of nitrogens with zero attached hydrogens (tertiary/aromatic N) is 2. The summed E-state index contributed by atoms with van der Waals surface area (Å²) >= 11 is 5.81. The van der Waals surface area contributed by atoms with Crippen molar-refractivity contribution in [3.05, 3.63) is 28.8 Å². The van der Waals surface area contributed by atoms with Crippen LogP contribution in [0.5, 0.6) is 0 Å². The maximum Gasteiger partial charge on any atom is 0.430 e. The van der Waals surface area contributed by atoms with Gasteiger partial charge in [-0.25, -0.2) is 4.99 Å². The number of hydrogen-bond acceptors (Lipinski definition) is 4. The van der Waals surface area contributed by atoms with E-state index in [0.717, 1.165) is 6.07 Å². The second-order valence-corrected chi connectivity index (χ2v) is 5.35. The molecule has 0 unspecified atom stereocenters. The van der Waals surface area contributed by atoms with Gasteiger partial charge in [-0.1, -0.05) is 17.7 Å². The molecule has 2 rings (SSSR count). The molecule has 24 heavy (non-hydrogen) atoms. The number of benzene rings is 1. The van der Waals surface area contributed by atoms with E-state index in [1.165, 1.54) is 11.9 Å². The third kappa shape index (κ3) is 3.00. The topological polar surface area (TPSA) is 45.1 Å². The third-order valence-electron chi connectivity index (χ3n) is 3.40. The molecule has 0 saturated heterocycles. The minimum absolute atomic E-state index is 0.0766. The SMILES string of the molecule is CN(C1=NCCO1)c1ccc(C(O)(C(F)(F)F)C(F)(F)F)cc1Cl. The highest BCUT2D eigenvalue weighted by molar-refractivity contribution is 6.33. The number of rotatable bonds is 2. The molecule has 1 aromatic rings. The average molecular weight is 377 g/mol. The van der Waals surface area contributed by atoms with Gasteiger partial charge in [0.25, 0.3) is 11.6 Å². The molecule has 0 atom stereocenters. The van der Waals surface area contributed by atoms with Crippen LogP contribution >= 0.6 is 11.6 Å². The lowest BCUT2D eigenvalue weighted by molar-refractivity contribution is -0.376. The van der Waals surface area contributed by atoms with E-state index in [1.807, 2.05) is 0 Å². The van der Waals surface area contributed by atoms with Crippen LogP contribution in [0.25, 0.3) is 0 Å². The largest absolute Gasteiger partial charge is 0.463 e. The molecule has 0 aliphatic carbocycles. The molecular formula is C13H11ClF6N2O2. The van der Waals surface area contributed by atoms with E-state index in [9.17, 15) is 31.4 Å². The number of ether oxygens (including phenoxy) is 1. The molecule has 0 bridgehead atoms. The Morgan fingerprint density at radius 1 is 1.17 bits per heavy atom. The van der Waals surface area contributed by atoms with Gasteiger partial charge in [0.2, 0.25) is 0 Å².